The van der Waals surface area contributed by atoms with Crippen molar-refractivity contribution in [2.45, 2.75) is 94.1 Å². The predicted molar refractivity (Wildman–Crippen MR) is 104 cm³/mol. The number of piperidine rings is 1. The minimum Gasteiger partial charge on any atom is -0.377 e. The Hall–Kier alpha value is -0.0800. The van der Waals surface area contributed by atoms with Gasteiger partial charge in [0.05, 0.1) is 12.7 Å². The van der Waals surface area contributed by atoms with E-state index >= 15 is 0 Å². The summed E-state index contributed by atoms with van der Waals surface area (Å²) in [6.07, 6.45) is 5.69. The standard InChI is InChI=1S/C19H39NO.C2H6/c1-8-18(4,5)15-19(6,7)17-9-11-20(12-10-17)13-14-21-16(2)3;1-2/h16-17H,8-15H2,1-7H3;1-2H3. The zero-order valence-corrected chi connectivity index (χ0v) is 17.7. The van der Waals surface area contributed by atoms with E-state index in [1.54, 1.807) is 0 Å². The van der Waals surface area contributed by atoms with Crippen LogP contribution in [0, 0.1) is 16.7 Å². The molecule has 0 N–H and O–H groups in total. The fraction of sp³-hybridized carbons (Fsp3) is 1.00. The van der Waals surface area contributed by atoms with Crippen LogP contribution >= 0.6 is 0 Å². The number of nitrogens with zero attached hydrogens (tertiary/aromatic N) is 1. The Morgan fingerprint density at radius 2 is 1.57 bits per heavy atom. The van der Waals surface area contributed by atoms with Crippen molar-refractivity contribution in [1.82, 2.24) is 4.90 Å². The number of rotatable bonds is 8. The molecule has 0 aliphatic carbocycles. The van der Waals surface area contributed by atoms with Gasteiger partial charge in [-0.1, -0.05) is 54.9 Å². The SMILES string of the molecule is CC.CCC(C)(C)CC(C)(C)C1CCN(CCOC(C)C)CC1. The third-order valence-electron chi connectivity index (χ3n) is 5.44. The van der Waals surface area contributed by atoms with Crippen molar-refractivity contribution in [3.63, 3.8) is 0 Å². The van der Waals surface area contributed by atoms with Crippen LogP contribution < -0.4 is 0 Å². The van der Waals surface area contributed by atoms with Crippen molar-refractivity contribution in [2.75, 3.05) is 26.2 Å². The summed E-state index contributed by atoms with van der Waals surface area (Å²) in [5.41, 5.74) is 0.950. The molecule has 0 bridgehead atoms. The fourth-order valence-corrected chi connectivity index (χ4v) is 3.86. The van der Waals surface area contributed by atoms with Crippen molar-refractivity contribution in [1.29, 1.82) is 0 Å². The van der Waals surface area contributed by atoms with Crippen molar-refractivity contribution in [3.05, 3.63) is 0 Å². The number of hydrogen-bond acceptors (Lipinski definition) is 2. The maximum absolute atomic E-state index is 5.68. The highest BCUT2D eigenvalue weighted by atomic mass is 16.5. The van der Waals surface area contributed by atoms with Gasteiger partial charge in [0.15, 0.2) is 0 Å². The molecule has 1 saturated heterocycles. The molecule has 0 radical (unpaired) electrons. The first kappa shape index (κ1) is 22.9. The van der Waals surface area contributed by atoms with Gasteiger partial charge in [-0.25, -0.2) is 0 Å². The third kappa shape index (κ3) is 9.10. The van der Waals surface area contributed by atoms with E-state index in [4.69, 9.17) is 4.74 Å². The first-order chi connectivity index (χ1) is 10.7. The molecule has 0 atom stereocenters. The Kier molecular flexibility index (Phi) is 10.7. The van der Waals surface area contributed by atoms with Gasteiger partial charge in [0.2, 0.25) is 0 Å². The first-order valence-electron chi connectivity index (χ1n) is 10.0. The smallest absolute Gasteiger partial charge is 0.0596 e. The van der Waals surface area contributed by atoms with E-state index in [9.17, 15) is 0 Å². The Morgan fingerprint density at radius 3 is 2.00 bits per heavy atom. The summed E-state index contributed by atoms with van der Waals surface area (Å²) in [5, 5.41) is 0. The average Bonchev–Trinajstić information content (AvgIpc) is 2.48. The molecule has 1 rings (SSSR count). The lowest BCUT2D eigenvalue weighted by molar-refractivity contribution is 0.0299. The molecular formula is C21H45NO. The molecule has 0 amide bonds. The van der Waals surface area contributed by atoms with Gasteiger partial charge in [-0.2, -0.15) is 0 Å². The van der Waals surface area contributed by atoms with Gasteiger partial charge in [-0.15, -0.1) is 0 Å². The molecule has 1 aliphatic rings. The van der Waals surface area contributed by atoms with Crippen LogP contribution in [0.25, 0.3) is 0 Å². The minimum absolute atomic E-state index is 0.359. The van der Waals surface area contributed by atoms with Crippen LogP contribution in [0.4, 0.5) is 0 Å². The van der Waals surface area contributed by atoms with Crippen molar-refractivity contribution in [2.24, 2.45) is 16.7 Å². The lowest BCUT2D eigenvalue weighted by Gasteiger charge is -2.44. The van der Waals surface area contributed by atoms with Crippen LogP contribution in [0.1, 0.15) is 88.0 Å². The monoisotopic (exact) mass is 327 g/mol. The molecule has 0 aromatic rings. The highest BCUT2D eigenvalue weighted by Gasteiger charge is 2.36. The normalized spacial score (nSPS) is 18.0. The van der Waals surface area contributed by atoms with E-state index in [0.717, 1.165) is 19.1 Å². The molecule has 1 aliphatic heterocycles. The molecule has 0 saturated carbocycles. The third-order valence-corrected chi connectivity index (χ3v) is 5.44. The molecule has 0 unspecified atom stereocenters. The molecule has 0 aromatic carbocycles. The quantitative estimate of drug-likeness (QED) is 0.542. The maximum atomic E-state index is 5.68. The van der Waals surface area contributed by atoms with Crippen LogP contribution in [0.5, 0.6) is 0 Å². The van der Waals surface area contributed by atoms with Gasteiger partial charge in [-0.05, 0) is 62.9 Å². The van der Waals surface area contributed by atoms with E-state index in [-0.39, 0.29) is 0 Å². The Bertz CT molecular complexity index is 288. The van der Waals surface area contributed by atoms with E-state index in [0.29, 0.717) is 16.9 Å². The second-order valence-corrected chi connectivity index (χ2v) is 8.72. The zero-order valence-electron chi connectivity index (χ0n) is 17.7. The highest BCUT2D eigenvalue weighted by Crippen LogP contribution is 2.44. The molecule has 2 heteroatoms. The van der Waals surface area contributed by atoms with Crippen LogP contribution in [0.3, 0.4) is 0 Å². The minimum atomic E-state index is 0.359. The van der Waals surface area contributed by atoms with Gasteiger partial charge < -0.3 is 9.64 Å². The van der Waals surface area contributed by atoms with Crippen molar-refractivity contribution >= 4 is 0 Å². The van der Waals surface area contributed by atoms with Crippen LogP contribution in [-0.2, 0) is 4.74 Å². The molecule has 0 aromatic heterocycles. The Morgan fingerprint density at radius 1 is 1.04 bits per heavy atom. The summed E-state index contributed by atoms with van der Waals surface area (Å²) in [6, 6.07) is 0. The molecule has 2 nitrogen and oxygen atoms in total. The molecule has 1 fully saturated rings. The Labute approximate surface area is 147 Å². The summed E-state index contributed by atoms with van der Waals surface area (Å²) in [4.78, 5) is 2.58. The topological polar surface area (TPSA) is 12.5 Å². The fourth-order valence-electron chi connectivity index (χ4n) is 3.86. The van der Waals surface area contributed by atoms with E-state index in [1.807, 2.05) is 13.8 Å². The van der Waals surface area contributed by atoms with E-state index in [1.165, 1.54) is 38.8 Å². The van der Waals surface area contributed by atoms with E-state index < -0.39 is 0 Å². The van der Waals surface area contributed by atoms with Gasteiger partial charge in [0.25, 0.3) is 0 Å². The lowest BCUT2D eigenvalue weighted by atomic mass is 9.65. The highest BCUT2D eigenvalue weighted by molar-refractivity contribution is 4.87. The van der Waals surface area contributed by atoms with Crippen LogP contribution in [0.15, 0.2) is 0 Å². The summed E-state index contributed by atoms with van der Waals surface area (Å²) in [5.74, 6) is 0.880. The summed E-state index contributed by atoms with van der Waals surface area (Å²) < 4.78 is 5.68. The number of hydrogen-bond donors (Lipinski definition) is 0. The van der Waals surface area contributed by atoms with Crippen LogP contribution in [0.2, 0.25) is 0 Å². The molecular weight excluding hydrogens is 282 g/mol. The van der Waals surface area contributed by atoms with Gasteiger partial charge in [0.1, 0.15) is 0 Å². The van der Waals surface area contributed by atoms with Gasteiger partial charge >= 0.3 is 0 Å². The van der Waals surface area contributed by atoms with Crippen molar-refractivity contribution in [3.8, 4) is 0 Å². The molecule has 23 heavy (non-hydrogen) atoms. The molecule has 0 spiro atoms. The number of ether oxygens (including phenoxy) is 1. The average molecular weight is 328 g/mol. The van der Waals surface area contributed by atoms with Gasteiger partial charge in [0, 0.05) is 6.54 Å². The molecule has 140 valence electrons. The van der Waals surface area contributed by atoms with Crippen molar-refractivity contribution < 1.29 is 4.74 Å². The second kappa shape index (κ2) is 10.7. The predicted octanol–water partition coefficient (Wildman–Crippen LogP) is 6.00. The lowest BCUT2D eigenvalue weighted by Crippen LogP contribution is -2.41. The Balaban J connectivity index is 0.00000232. The number of likely N-dealkylation sites (tertiary alicyclic amines) is 1. The molecule has 1 heterocycles. The zero-order chi connectivity index (χ0) is 18.1. The summed E-state index contributed by atoms with van der Waals surface area (Å²) >= 11 is 0. The van der Waals surface area contributed by atoms with Crippen LogP contribution in [-0.4, -0.2) is 37.2 Å². The summed E-state index contributed by atoms with van der Waals surface area (Å²) in [7, 11) is 0. The van der Waals surface area contributed by atoms with Gasteiger partial charge in [-0.3, -0.25) is 0 Å². The second-order valence-electron chi connectivity index (χ2n) is 8.72. The first-order valence-corrected chi connectivity index (χ1v) is 10.0. The maximum Gasteiger partial charge on any atom is 0.0596 e. The largest absolute Gasteiger partial charge is 0.377 e. The van der Waals surface area contributed by atoms with E-state index in [2.05, 4.69) is 53.4 Å². The summed E-state index contributed by atoms with van der Waals surface area (Å²) in [6.45, 7) is 24.9.